The van der Waals surface area contributed by atoms with Gasteiger partial charge in [0.15, 0.2) is 0 Å². The van der Waals surface area contributed by atoms with Crippen LogP contribution in [0.3, 0.4) is 0 Å². The van der Waals surface area contributed by atoms with E-state index in [-0.39, 0.29) is 6.10 Å². The van der Waals surface area contributed by atoms with Crippen LogP contribution in [0, 0.1) is 0 Å². The molecule has 1 aromatic carbocycles. The van der Waals surface area contributed by atoms with Crippen molar-refractivity contribution in [1.82, 2.24) is 0 Å². The molecule has 1 unspecified atom stereocenters. The van der Waals surface area contributed by atoms with E-state index in [1.807, 2.05) is 24.3 Å². The molecule has 0 fully saturated rings. The highest BCUT2D eigenvalue weighted by molar-refractivity contribution is 5.34. The summed E-state index contributed by atoms with van der Waals surface area (Å²) in [6.45, 7) is 5.95. The van der Waals surface area contributed by atoms with Crippen molar-refractivity contribution in [3.05, 3.63) is 29.8 Å². The lowest BCUT2D eigenvalue weighted by molar-refractivity contribution is 0.174. The Bertz CT molecular complexity index is 294. The van der Waals surface area contributed by atoms with Crippen molar-refractivity contribution >= 4 is 0 Å². The van der Waals surface area contributed by atoms with Crippen LogP contribution >= 0.6 is 0 Å². The number of aliphatic hydroxyl groups is 1. The molecule has 2 atom stereocenters. The largest absolute Gasteiger partial charge is 0.490 e. The van der Waals surface area contributed by atoms with Gasteiger partial charge in [-0.3, -0.25) is 0 Å². The third kappa shape index (κ3) is 3.56. The summed E-state index contributed by atoms with van der Waals surface area (Å²) in [6, 6.07) is 7.66. The molecule has 0 saturated carbocycles. The fourth-order valence-electron chi connectivity index (χ4n) is 1.62. The number of para-hydroxylation sites is 1. The van der Waals surface area contributed by atoms with Gasteiger partial charge in [-0.15, -0.1) is 0 Å². The van der Waals surface area contributed by atoms with E-state index >= 15 is 0 Å². The summed E-state index contributed by atoms with van der Waals surface area (Å²) in [6.07, 6.45) is 1.87. The van der Waals surface area contributed by atoms with Crippen LogP contribution in [0.15, 0.2) is 24.3 Å². The highest BCUT2D eigenvalue weighted by atomic mass is 16.5. The quantitative estimate of drug-likeness (QED) is 0.804. The highest BCUT2D eigenvalue weighted by Gasteiger charge is 2.10. The van der Waals surface area contributed by atoms with E-state index in [2.05, 4.69) is 13.8 Å². The molecule has 0 amide bonds. The van der Waals surface area contributed by atoms with E-state index in [1.165, 1.54) is 0 Å². The van der Waals surface area contributed by atoms with Gasteiger partial charge in [0.1, 0.15) is 5.75 Å². The standard InChI is InChI=1S/C13H20O2/c1-4-7-10(2)15-13-9-6-5-8-12(13)11(3)14/h5-6,8-11,14H,4,7H2,1-3H3/t10?,11-/m1/s1. The smallest absolute Gasteiger partial charge is 0.125 e. The van der Waals surface area contributed by atoms with Gasteiger partial charge in [-0.25, -0.2) is 0 Å². The Kier molecular flexibility index (Phi) is 4.63. The molecule has 0 bridgehead atoms. The first-order chi connectivity index (χ1) is 7.15. The zero-order chi connectivity index (χ0) is 11.3. The average molecular weight is 208 g/mol. The van der Waals surface area contributed by atoms with Crippen molar-refractivity contribution in [2.75, 3.05) is 0 Å². The lowest BCUT2D eigenvalue weighted by atomic mass is 10.1. The van der Waals surface area contributed by atoms with Crippen LogP contribution in [-0.4, -0.2) is 11.2 Å². The minimum absolute atomic E-state index is 0.204. The minimum Gasteiger partial charge on any atom is -0.490 e. The first-order valence-electron chi connectivity index (χ1n) is 5.58. The Morgan fingerprint density at radius 3 is 2.53 bits per heavy atom. The molecule has 1 rings (SSSR count). The number of hydrogen-bond donors (Lipinski definition) is 1. The summed E-state index contributed by atoms with van der Waals surface area (Å²) in [4.78, 5) is 0. The second-order valence-electron chi connectivity index (χ2n) is 3.93. The summed E-state index contributed by atoms with van der Waals surface area (Å²) in [5, 5.41) is 9.57. The normalized spacial score (nSPS) is 14.7. The fraction of sp³-hybridized carbons (Fsp3) is 0.538. The molecule has 0 saturated heterocycles. The Labute approximate surface area is 91.9 Å². The zero-order valence-corrected chi connectivity index (χ0v) is 9.73. The second-order valence-corrected chi connectivity index (χ2v) is 3.93. The van der Waals surface area contributed by atoms with Crippen molar-refractivity contribution in [1.29, 1.82) is 0 Å². The maximum absolute atomic E-state index is 9.57. The van der Waals surface area contributed by atoms with Gasteiger partial charge >= 0.3 is 0 Å². The van der Waals surface area contributed by atoms with Crippen LogP contribution in [0.4, 0.5) is 0 Å². The van der Waals surface area contributed by atoms with E-state index in [1.54, 1.807) is 6.92 Å². The number of hydrogen-bond acceptors (Lipinski definition) is 2. The minimum atomic E-state index is -0.477. The lowest BCUT2D eigenvalue weighted by Crippen LogP contribution is -2.12. The van der Waals surface area contributed by atoms with Gasteiger partial charge < -0.3 is 9.84 Å². The van der Waals surface area contributed by atoms with Gasteiger partial charge in [-0.05, 0) is 26.3 Å². The van der Waals surface area contributed by atoms with Crippen LogP contribution in [0.1, 0.15) is 45.3 Å². The molecular formula is C13H20O2. The fourth-order valence-corrected chi connectivity index (χ4v) is 1.62. The molecule has 15 heavy (non-hydrogen) atoms. The van der Waals surface area contributed by atoms with Crippen molar-refractivity contribution in [3.63, 3.8) is 0 Å². The van der Waals surface area contributed by atoms with Crippen LogP contribution in [-0.2, 0) is 0 Å². The summed E-state index contributed by atoms with van der Waals surface area (Å²) in [5.74, 6) is 0.799. The zero-order valence-electron chi connectivity index (χ0n) is 9.73. The predicted molar refractivity (Wildman–Crippen MR) is 62.1 cm³/mol. The third-order valence-corrected chi connectivity index (χ3v) is 2.39. The van der Waals surface area contributed by atoms with Gasteiger partial charge in [-0.1, -0.05) is 31.5 Å². The topological polar surface area (TPSA) is 29.5 Å². The van der Waals surface area contributed by atoms with Gasteiger partial charge in [0, 0.05) is 5.56 Å². The molecule has 0 aromatic heterocycles. The van der Waals surface area contributed by atoms with Gasteiger partial charge in [0.25, 0.3) is 0 Å². The van der Waals surface area contributed by atoms with E-state index < -0.39 is 6.10 Å². The summed E-state index contributed by atoms with van der Waals surface area (Å²) >= 11 is 0. The molecule has 84 valence electrons. The van der Waals surface area contributed by atoms with Crippen LogP contribution < -0.4 is 4.74 Å². The van der Waals surface area contributed by atoms with Crippen LogP contribution in [0.2, 0.25) is 0 Å². The lowest BCUT2D eigenvalue weighted by Gasteiger charge is -2.17. The van der Waals surface area contributed by atoms with E-state index in [0.717, 1.165) is 24.2 Å². The van der Waals surface area contributed by atoms with Crippen molar-refractivity contribution in [3.8, 4) is 5.75 Å². The molecule has 2 nitrogen and oxygen atoms in total. The summed E-state index contributed by atoms with van der Waals surface area (Å²) in [7, 11) is 0. The maximum Gasteiger partial charge on any atom is 0.125 e. The second kappa shape index (κ2) is 5.76. The average Bonchev–Trinajstić information content (AvgIpc) is 2.18. The van der Waals surface area contributed by atoms with Crippen LogP contribution in [0.5, 0.6) is 5.75 Å². The van der Waals surface area contributed by atoms with Crippen LogP contribution in [0.25, 0.3) is 0 Å². The van der Waals surface area contributed by atoms with Crippen molar-refractivity contribution in [2.45, 2.75) is 45.8 Å². The molecule has 0 radical (unpaired) electrons. The van der Waals surface area contributed by atoms with Gasteiger partial charge in [0.05, 0.1) is 12.2 Å². The molecule has 0 spiro atoms. The monoisotopic (exact) mass is 208 g/mol. The van der Waals surface area contributed by atoms with E-state index in [9.17, 15) is 5.11 Å². The van der Waals surface area contributed by atoms with E-state index in [4.69, 9.17) is 4.74 Å². The Balaban J connectivity index is 2.75. The Morgan fingerprint density at radius 2 is 1.93 bits per heavy atom. The number of benzene rings is 1. The third-order valence-electron chi connectivity index (χ3n) is 2.39. The SMILES string of the molecule is CCCC(C)Oc1ccccc1[C@@H](C)O. The summed E-state index contributed by atoms with van der Waals surface area (Å²) < 4.78 is 5.79. The molecular weight excluding hydrogens is 188 g/mol. The van der Waals surface area contributed by atoms with Crippen molar-refractivity contribution in [2.24, 2.45) is 0 Å². The Morgan fingerprint density at radius 1 is 1.27 bits per heavy atom. The molecule has 0 aliphatic heterocycles. The predicted octanol–water partition coefficient (Wildman–Crippen LogP) is 3.31. The molecule has 0 aliphatic carbocycles. The number of ether oxygens (including phenoxy) is 1. The van der Waals surface area contributed by atoms with Crippen molar-refractivity contribution < 1.29 is 9.84 Å². The first-order valence-corrected chi connectivity index (χ1v) is 5.58. The van der Waals surface area contributed by atoms with Gasteiger partial charge in [0.2, 0.25) is 0 Å². The highest BCUT2D eigenvalue weighted by Crippen LogP contribution is 2.25. The molecule has 0 heterocycles. The molecule has 1 N–H and O–H groups in total. The molecule has 1 aromatic rings. The first kappa shape index (κ1) is 12.1. The number of aliphatic hydroxyl groups excluding tert-OH is 1. The Hall–Kier alpha value is -1.02. The number of rotatable bonds is 5. The van der Waals surface area contributed by atoms with Gasteiger partial charge in [-0.2, -0.15) is 0 Å². The molecule has 0 aliphatic rings. The summed E-state index contributed by atoms with van der Waals surface area (Å²) in [5.41, 5.74) is 0.862. The molecule has 2 heteroatoms. The van der Waals surface area contributed by atoms with E-state index in [0.29, 0.717) is 0 Å². The maximum atomic E-state index is 9.57.